The molecule has 6 nitrogen and oxygen atoms in total. The third kappa shape index (κ3) is 4.03. The van der Waals surface area contributed by atoms with Crippen molar-refractivity contribution in [2.45, 2.75) is 0 Å². The van der Waals surface area contributed by atoms with Gasteiger partial charge in [0, 0.05) is 17.9 Å². The highest BCUT2D eigenvalue weighted by Crippen LogP contribution is 2.39. The normalized spacial score (nSPS) is 11.6. The lowest BCUT2D eigenvalue weighted by molar-refractivity contribution is 0.0181. The van der Waals surface area contributed by atoms with Crippen molar-refractivity contribution in [1.82, 2.24) is 0 Å². The monoisotopic (exact) mass is 408 g/mol. The van der Waals surface area contributed by atoms with Crippen molar-refractivity contribution in [3.63, 3.8) is 0 Å². The van der Waals surface area contributed by atoms with Gasteiger partial charge < -0.3 is 24.1 Å². The fraction of sp³-hybridized carbons (Fsp3) is 0.292. The van der Waals surface area contributed by atoms with Gasteiger partial charge in [0.05, 0.1) is 38.6 Å². The zero-order chi connectivity index (χ0) is 20.9. The molecule has 0 saturated carbocycles. The van der Waals surface area contributed by atoms with Crippen molar-refractivity contribution in [1.29, 1.82) is 0 Å². The number of hydrogen-bond donors (Lipinski definition) is 1. The van der Waals surface area contributed by atoms with Crippen molar-refractivity contribution < 1.29 is 28.8 Å². The number of methoxy groups -OCH3 is 1. The number of carboxylic acids is 1. The van der Waals surface area contributed by atoms with Gasteiger partial charge in [-0.05, 0) is 39.7 Å². The molecule has 1 N–H and O–H groups in total. The first kappa shape index (κ1) is 20.3. The minimum absolute atomic E-state index is 0.310. The molecule has 0 unspecified atom stereocenters. The molecule has 30 heavy (non-hydrogen) atoms. The summed E-state index contributed by atoms with van der Waals surface area (Å²) < 4.78 is 21.8. The molecule has 0 aliphatic heterocycles. The second-order valence-corrected chi connectivity index (χ2v) is 6.97. The van der Waals surface area contributed by atoms with Gasteiger partial charge in [0.2, 0.25) is 0 Å². The van der Waals surface area contributed by atoms with E-state index in [-0.39, 0.29) is 0 Å². The van der Waals surface area contributed by atoms with E-state index in [2.05, 4.69) is 0 Å². The number of aromatic carboxylic acids is 1. The Morgan fingerprint density at radius 2 is 1.30 bits per heavy atom. The topological polar surface area (TPSA) is 74.2 Å². The molecule has 6 heteroatoms. The van der Waals surface area contributed by atoms with Crippen LogP contribution in [0.2, 0.25) is 0 Å². The molecule has 0 heterocycles. The van der Waals surface area contributed by atoms with E-state index in [4.69, 9.17) is 18.9 Å². The van der Waals surface area contributed by atoms with Crippen LogP contribution in [0.3, 0.4) is 0 Å². The third-order valence-corrected chi connectivity index (χ3v) is 5.14. The maximum Gasteiger partial charge on any atom is 0.336 e. The van der Waals surface area contributed by atoms with Crippen LogP contribution < -0.4 is 4.74 Å². The SMILES string of the molecule is COCCOCCOCCOc1ccc2ccc3c(C(=O)O)ccc4ccc1c2c43. The Balaban J connectivity index is 1.51. The number of benzene rings is 4. The van der Waals surface area contributed by atoms with Crippen molar-refractivity contribution in [3.8, 4) is 5.75 Å². The number of ether oxygens (including phenoxy) is 4. The van der Waals surface area contributed by atoms with E-state index in [0.717, 1.165) is 38.1 Å². The summed E-state index contributed by atoms with van der Waals surface area (Å²) in [5.41, 5.74) is 0.310. The maximum absolute atomic E-state index is 11.7. The molecule has 0 aliphatic carbocycles. The Labute approximate surface area is 174 Å². The van der Waals surface area contributed by atoms with Crippen LogP contribution in [-0.2, 0) is 14.2 Å². The van der Waals surface area contributed by atoms with Crippen molar-refractivity contribution >= 4 is 38.3 Å². The summed E-state index contributed by atoms with van der Waals surface area (Å²) in [5.74, 6) is -0.162. The van der Waals surface area contributed by atoms with Gasteiger partial charge >= 0.3 is 5.97 Å². The number of carbonyl (C=O) groups is 1. The average molecular weight is 408 g/mol. The lowest BCUT2D eigenvalue weighted by Crippen LogP contribution is -2.12. The summed E-state index contributed by atoms with van der Waals surface area (Å²) >= 11 is 0. The van der Waals surface area contributed by atoms with Gasteiger partial charge in [-0.3, -0.25) is 0 Å². The molecule has 0 fully saturated rings. The molecule has 4 aromatic carbocycles. The van der Waals surface area contributed by atoms with E-state index in [1.165, 1.54) is 0 Å². The van der Waals surface area contributed by atoms with Crippen LogP contribution in [0.25, 0.3) is 32.3 Å². The summed E-state index contributed by atoms with van der Waals surface area (Å²) in [6, 6.07) is 15.4. The van der Waals surface area contributed by atoms with Crippen LogP contribution in [0.4, 0.5) is 0 Å². The molecule has 0 spiro atoms. The highest BCUT2D eigenvalue weighted by molar-refractivity contribution is 6.26. The first-order valence-corrected chi connectivity index (χ1v) is 9.91. The smallest absolute Gasteiger partial charge is 0.336 e. The maximum atomic E-state index is 11.7. The predicted molar refractivity (Wildman–Crippen MR) is 116 cm³/mol. The zero-order valence-corrected chi connectivity index (χ0v) is 16.8. The van der Waals surface area contributed by atoms with Gasteiger partial charge in [0.1, 0.15) is 12.4 Å². The van der Waals surface area contributed by atoms with Crippen molar-refractivity contribution in [3.05, 3.63) is 54.1 Å². The van der Waals surface area contributed by atoms with Crippen molar-refractivity contribution in [2.24, 2.45) is 0 Å². The zero-order valence-electron chi connectivity index (χ0n) is 16.8. The summed E-state index contributed by atoms with van der Waals surface area (Å²) in [6.45, 7) is 3.03. The molecule has 156 valence electrons. The molecule has 0 bridgehead atoms. The van der Waals surface area contributed by atoms with Crippen LogP contribution in [0.15, 0.2) is 48.5 Å². The minimum atomic E-state index is -0.923. The Kier molecular flexibility index (Phi) is 6.28. The minimum Gasteiger partial charge on any atom is -0.491 e. The van der Waals surface area contributed by atoms with Crippen LogP contribution >= 0.6 is 0 Å². The molecule has 0 aromatic heterocycles. The molecule has 4 rings (SSSR count). The lowest BCUT2D eigenvalue weighted by atomic mass is 9.91. The number of rotatable bonds is 11. The molecule has 4 aromatic rings. The molecule has 0 saturated heterocycles. The third-order valence-electron chi connectivity index (χ3n) is 5.14. The summed E-state index contributed by atoms with van der Waals surface area (Å²) in [7, 11) is 1.64. The second kappa shape index (κ2) is 9.26. The molecule has 0 amide bonds. The molecular formula is C24H24O6. The molecule has 0 aliphatic rings. The van der Waals surface area contributed by atoms with Gasteiger partial charge in [0.25, 0.3) is 0 Å². The predicted octanol–water partition coefficient (Wildman–Crippen LogP) is 4.34. The van der Waals surface area contributed by atoms with E-state index in [0.29, 0.717) is 45.2 Å². The standard InChI is InChI=1S/C24H24O6/c1-27-10-11-28-12-13-29-14-15-30-21-9-5-17-2-6-18-19(24(25)26)7-3-16-4-8-20(21)23(17)22(16)18/h2-9H,10-15H2,1H3,(H,25,26). The molecular weight excluding hydrogens is 384 g/mol. The van der Waals surface area contributed by atoms with Crippen LogP contribution in [0.1, 0.15) is 10.4 Å². The summed E-state index contributed by atoms with van der Waals surface area (Å²) in [5, 5.41) is 15.3. The first-order valence-electron chi connectivity index (χ1n) is 9.91. The fourth-order valence-corrected chi connectivity index (χ4v) is 3.76. The first-order chi connectivity index (χ1) is 14.7. The summed E-state index contributed by atoms with van der Waals surface area (Å²) in [4.78, 5) is 11.7. The van der Waals surface area contributed by atoms with E-state index in [1.54, 1.807) is 13.2 Å². The van der Waals surface area contributed by atoms with Gasteiger partial charge in [-0.25, -0.2) is 4.79 Å². The highest BCUT2D eigenvalue weighted by atomic mass is 16.6. The van der Waals surface area contributed by atoms with Gasteiger partial charge in [-0.2, -0.15) is 0 Å². The van der Waals surface area contributed by atoms with Crippen LogP contribution in [-0.4, -0.2) is 57.8 Å². The fourth-order valence-electron chi connectivity index (χ4n) is 3.76. The van der Waals surface area contributed by atoms with Gasteiger partial charge in [-0.1, -0.05) is 30.3 Å². The van der Waals surface area contributed by atoms with E-state index in [9.17, 15) is 9.90 Å². The Morgan fingerprint density at radius 1 is 0.733 bits per heavy atom. The Bertz CT molecular complexity index is 1150. The molecule has 0 radical (unpaired) electrons. The quantitative estimate of drug-likeness (QED) is 0.294. The highest BCUT2D eigenvalue weighted by Gasteiger charge is 2.16. The summed E-state index contributed by atoms with van der Waals surface area (Å²) in [6.07, 6.45) is 0. The van der Waals surface area contributed by atoms with E-state index < -0.39 is 5.97 Å². The van der Waals surface area contributed by atoms with E-state index >= 15 is 0 Å². The van der Waals surface area contributed by atoms with Crippen molar-refractivity contribution in [2.75, 3.05) is 46.8 Å². The van der Waals surface area contributed by atoms with Gasteiger partial charge in [0.15, 0.2) is 0 Å². The molecule has 0 atom stereocenters. The largest absolute Gasteiger partial charge is 0.491 e. The second-order valence-electron chi connectivity index (χ2n) is 6.97. The van der Waals surface area contributed by atoms with Crippen LogP contribution in [0.5, 0.6) is 5.75 Å². The Hall–Kier alpha value is -2.93. The number of hydrogen-bond acceptors (Lipinski definition) is 5. The average Bonchev–Trinajstić information content (AvgIpc) is 2.76. The lowest BCUT2D eigenvalue weighted by Gasteiger charge is -2.15. The van der Waals surface area contributed by atoms with Crippen LogP contribution in [0, 0.1) is 0 Å². The van der Waals surface area contributed by atoms with Gasteiger partial charge in [-0.15, -0.1) is 0 Å². The Morgan fingerprint density at radius 3 is 2.00 bits per heavy atom. The van der Waals surface area contributed by atoms with E-state index in [1.807, 2.05) is 42.5 Å². The number of carboxylic acid groups (broad SMARTS) is 1.